The van der Waals surface area contributed by atoms with Crippen LogP contribution < -0.4 is 5.32 Å². The van der Waals surface area contributed by atoms with Crippen molar-refractivity contribution in [3.8, 4) is 0 Å². The third kappa shape index (κ3) is 3.15. The fourth-order valence-electron chi connectivity index (χ4n) is 5.98. The number of carbonyl (C=O) groups excluding carboxylic acids is 1. The number of piperidine rings is 1. The van der Waals surface area contributed by atoms with Crippen LogP contribution in [0.4, 0.5) is 9.59 Å². The zero-order valence-corrected chi connectivity index (χ0v) is 15.8. The predicted molar refractivity (Wildman–Crippen MR) is 98.2 cm³/mol. The van der Waals surface area contributed by atoms with E-state index in [1.54, 1.807) is 11.9 Å². The SMILES string of the molecule is CNC(=O)N1CCC[C@H]1C1CCN(C2CC3(CCN(C(=O)O)C3)C2)CC1. The molecule has 1 spiro atoms. The van der Waals surface area contributed by atoms with Gasteiger partial charge in [0, 0.05) is 38.8 Å². The van der Waals surface area contributed by atoms with Gasteiger partial charge in [0.05, 0.1) is 0 Å². The molecular weight excluding hydrogens is 332 g/mol. The maximum atomic E-state index is 12.1. The zero-order chi connectivity index (χ0) is 18.3. The molecule has 1 atom stereocenters. The van der Waals surface area contributed by atoms with Gasteiger partial charge in [-0.25, -0.2) is 9.59 Å². The minimum absolute atomic E-state index is 0.0834. The van der Waals surface area contributed by atoms with E-state index in [9.17, 15) is 14.7 Å². The van der Waals surface area contributed by atoms with Crippen LogP contribution in [-0.2, 0) is 0 Å². The molecule has 7 nitrogen and oxygen atoms in total. The molecule has 4 rings (SSSR count). The normalized spacial score (nSPS) is 35.7. The standard InChI is InChI=1S/C19H32N4O3/c1-20-17(24)23-7-2-3-16(23)14-4-8-21(9-5-14)15-11-19(12-15)6-10-22(13-19)18(25)26/h14-16H,2-13H2,1H3,(H,20,24)(H,25,26)/t15?,16-,19?/m0/s1. The van der Waals surface area contributed by atoms with Crippen molar-refractivity contribution < 1.29 is 14.7 Å². The Balaban J connectivity index is 1.25. The number of amides is 3. The highest BCUT2D eigenvalue weighted by Crippen LogP contribution is 2.50. The van der Waals surface area contributed by atoms with Gasteiger partial charge < -0.3 is 25.1 Å². The van der Waals surface area contributed by atoms with Crippen LogP contribution in [0, 0.1) is 11.3 Å². The smallest absolute Gasteiger partial charge is 0.407 e. The van der Waals surface area contributed by atoms with E-state index in [4.69, 9.17) is 0 Å². The summed E-state index contributed by atoms with van der Waals surface area (Å²) in [4.78, 5) is 29.5. The first kappa shape index (κ1) is 17.9. The largest absolute Gasteiger partial charge is 0.465 e. The van der Waals surface area contributed by atoms with Crippen LogP contribution in [0.2, 0.25) is 0 Å². The first-order valence-electron chi connectivity index (χ1n) is 10.2. The highest BCUT2D eigenvalue weighted by Gasteiger charge is 2.51. The van der Waals surface area contributed by atoms with E-state index in [0.717, 1.165) is 58.3 Å². The summed E-state index contributed by atoms with van der Waals surface area (Å²) in [7, 11) is 1.72. The summed E-state index contributed by atoms with van der Waals surface area (Å²) in [6, 6.07) is 1.15. The first-order valence-corrected chi connectivity index (χ1v) is 10.2. The maximum Gasteiger partial charge on any atom is 0.407 e. The quantitative estimate of drug-likeness (QED) is 0.786. The molecule has 1 saturated carbocycles. The van der Waals surface area contributed by atoms with Gasteiger partial charge in [0.1, 0.15) is 0 Å². The highest BCUT2D eigenvalue weighted by molar-refractivity contribution is 5.74. The minimum atomic E-state index is -0.761. The minimum Gasteiger partial charge on any atom is -0.465 e. The third-order valence-electron chi connectivity index (χ3n) is 7.45. The third-order valence-corrected chi connectivity index (χ3v) is 7.45. The molecule has 0 aromatic heterocycles. The lowest BCUT2D eigenvalue weighted by molar-refractivity contribution is -0.0137. The van der Waals surface area contributed by atoms with E-state index >= 15 is 0 Å². The molecule has 4 aliphatic rings. The van der Waals surface area contributed by atoms with Crippen molar-refractivity contribution in [2.45, 2.75) is 57.0 Å². The van der Waals surface area contributed by atoms with Gasteiger partial charge in [0.15, 0.2) is 0 Å². The average molecular weight is 364 g/mol. The van der Waals surface area contributed by atoms with E-state index in [-0.39, 0.29) is 11.4 Å². The average Bonchev–Trinajstić information content (AvgIpc) is 3.27. The second-order valence-corrected chi connectivity index (χ2v) is 8.85. The number of hydrogen-bond acceptors (Lipinski definition) is 3. The van der Waals surface area contributed by atoms with Crippen LogP contribution in [0.3, 0.4) is 0 Å². The summed E-state index contributed by atoms with van der Waals surface area (Å²) in [5.41, 5.74) is 0.265. The molecule has 26 heavy (non-hydrogen) atoms. The number of hydrogen-bond donors (Lipinski definition) is 2. The summed E-state index contributed by atoms with van der Waals surface area (Å²) in [5, 5.41) is 12.0. The Hall–Kier alpha value is -1.50. The molecule has 1 aliphatic carbocycles. The molecule has 3 amide bonds. The van der Waals surface area contributed by atoms with Crippen LogP contribution >= 0.6 is 0 Å². The van der Waals surface area contributed by atoms with E-state index in [2.05, 4.69) is 15.1 Å². The lowest BCUT2D eigenvalue weighted by Gasteiger charge is -2.52. The van der Waals surface area contributed by atoms with Gasteiger partial charge in [0.25, 0.3) is 0 Å². The van der Waals surface area contributed by atoms with E-state index < -0.39 is 6.09 Å². The number of carbonyl (C=O) groups is 2. The number of rotatable bonds is 2. The van der Waals surface area contributed by atoms with Crippen molar-refractivity contribution in [3.63, 3.8) is 0 Å². The molecule has 3 saturated heterocycles. The zero-order valence-electron chi connectivity index (χ0n) is 15.8. The number of carboxylic acid groups (broad SMARTS) is 1. The molecule has 3 heterocycles. The fourth-order valence-corrected chi connectivity index (χ4v) is 5.98. The highest BCUT2D eigenvalue weighted by atomic mass is 16.4. The number of urea groups is 1. The molecule has 3 aliphatic heterocycles. The Morgan fingerprint density at radius 2 is 1.81 bits per heavy atom. The van der Waals surface area contributed by atoms with Crippen LogP contribution in [0.15, 0.2) is 0 Å². The molecule has 0 aromatic carbocycles. The Morgan fingerprint density at radius 1 is 1.08 bits per heavy atom. The molecule has 0 bridgehead atoms. The fraction of sp³-hybridized carbons (Fsp3) is 0.895. The molecule has 2 N–H and O–H groups in total. The molecular formula is C19H32N4O3. The lowest BCUT2D eigenvalue weighted by atomic mass is 9.64. The van der Waals surface area contributed by atoms with Gasteiger partial charge >= 0.3 is 12.1 Å². The van der Waals surface area contributed by atoms with Gasteiger partial charge in [-0.2, -0.15) is 0 Å². The number of likely N-dealkylation sites (tertiary alicyclic amines) is 3. The lowest BCUT2D eigenvalue weighted by Crippen LogP contribution is -2.55. The van der Waals surface area contributed by atoms with Crippen LogP contribution in [-0.4, -0.2) is 83.8 Å². The van der Waals surface area contributed by atoms with E-state index in [1.165, 1.54) is 12.8 Å². The van der Waals surface area contributed by atoms with Crippen molar-refractivity contribution in [1.29, 1.82) is 0 Å². The second kappa shape index (κ2) is 6.91. The van der Waals surface area contributed by atoms with Crippen LogP contribution in [0.1, 0.15) is 44.9 Å². The Morgan fingerprint density at radius 3 is 2.42 bits per heavy atom. The Kier molecular flexibility index (Phi) is 4.75. The van der Waals surface area contributed by atoms with Gasteiger partial charge in [-0.05, 0) is 69.4 Å². The monoisotopic (exact) mass is 364 g/mol. The van der Waals surface area contributed by atoms with Crippen LogP contribution in [0.5, 0.6) is 0 Å². The van der Waals surface area contributed by atoms with Crippen molar-refractivity contribution in [2.75, 3.05) is 39.8 Å². The summed E-state index contributed by atoms with van der Waals surface area (Å²) in [5.74, 6) is 0.633. The van der Waals surface area contributed by atoms with Gasteiger partial charge in [-0.1, -0.05) is 0 Å². The number of nitrogens with one attached hydrogen (secondary N) is 1. The first-order chi connectivity index (χ1) is 12.5. The topological polar surface area (TPSA) is 76.1 Å². The van der Waals surface area contributed by atoms with E-state index in [1.807, 2.05) is 0 Å². The van der Waals surface area contributed by atoms with Crippen molar-refractivity contribution >= 4 is 12.1 Å². The van der Waals surface area contributed by atoms with Crippen LogP contribution in [0.25, 0.3) is 0 Å². The molecule has 4 fully saturated rings. The second-order valence-electron chi connectivity index (χ2n) is 8.85. The molecule has 7 heteroatoms. The summed E-state index contributed by atoms with van der Waals surface area (Å²) >= 11 is 0. The molecule has 0 radical (unpaired) electrons. The molecule has 0 aromatic rings. The Bertz CT molecular complexity index is 555. The maximum absolute atomic E-state index is 12.1. The summed E-state index contributed by atoms with van der Waals surface area (Å²) < 4.78 is 0. The van der Waals surface area contributed by atoms with Crippen molar-refractivity contribution in [2.24, 2.45) is 11.3 Å². The van der Waals surface area contributed by atoms with Gasteiger partial charge in [-0.15, -0.1) is 0 Å². The van der Waals surface area contributed by atoms with E-state index in [0.29, 0.717) is 24.5 Å². The Labute approximate surface area is 155 Å². The summed E-state index contributed by atoms with van der Waals surface area (Å²) in [6.45, 7) is 4.60. The molecule has 146 valence electrons. The van der Waals surface area contributed by atoms with Gasteiger partial charge in [-0.3, -0.25) is 0 Å². The van der Waals surface area contributed by atoms with Crippen molar-refractivity contribution in [1.82, 2.24) is 20.0 Å². The predicted octanol–water partition coefficient (Wildman–Crippen LogP) is 2.03. The molecule has 0 unspecified atom stereocenters. The summed E-state index contributed by atoms with van der Waals surface area (Å²) in [6.07, 6.45) is 7.24. The number of nitrogens with zero attached hydrogens (tertiary/aromatic N) is 3. The van der Waals surface area contributed by atoms with Gasteiger partial charge in [0.2, 0.25) is 0 Å². The van der Waals surface area contributed by atoms with Crippen molar-refractivity contribution in [3.05, 3.63) is 0 Å².